The SMILES string of the molecule is CC(C)=CCC/C(C)=C/CN1C(=O)[C@@]2(O[C@@H](CC(=O)N3CCC[C@H]3CO)[C@H]([Si](C)(C)F)[C@H]2C)c2cc(N3N=C(c4ccccc4)CCC3=O)ccc21. The van der Waals surface area contributed by atoms with Crippen LogP contribution in [0.25, 0.3) is 0 Å². The van der Waals surface area contributed by atoms with Gasteiger partial charge in [-0.25, -0.2) is 5.01 Å². The van der Waals surface area contributed by atoms with E-state index >= 15 is 4.11 Å². The van der Waals surface area contributed by atoms with Crippen molar-refractivity contribution >= 4 is 43.2 Å². The average Bonchev–Trinajstić information content (AvgIpc) is 3.77. The summed E-state index contributed by atoms with van der Waals surface area (Å²) in [6.45, 7) is 12.1. The summed E-state index contributed by atoms with van der Waals surface area (Å²) in [5.41, 5.74) is 3.63. The molecule has 0 saturated carbocycles. The van der Waals surface area contributed by atoms with Gasteiger partial charge in [-0.05, 0) is 83.3 Å². The summed E-state index contributed by atoms with van der Waals surface area (Å²) in [7, 11) is -3.53. The van der Waals surface area contributed by atoms with Crippen LogP contribution in [0.1, 0.15) is 83.8 Å². The molecule has 278 valence electrons. The fraction of sp³-hybridized carbons (Fsp3) is 0.512. The summed E-state index contributed by atoms with van der Waals surface area (Å²) in [5, 5.41) is 16.1. The monoisotopic (exact) mass is 728 g/mol. The number of carbonyl (C=O) groups excluding carboxylic acids is 3. The van der Waals surface area contributed by atoms with E-state index in [0.29, 0.717) is 36.4 Å². The Morgan fingerprint density at radius 3 is 2.54 bits per heavy atom. The fourth-order valence-corrected chi connectivity index (χ4v) is 11.2. The first kappa shape index (κ1) is 37.8. The van der Waals surface area contributed by atoms with Crippen molar-refractivity contribution in [3.05, 3.63) is 83.0 Å². The Labute approximate surface area is 308 Å². The number of aliphatic hydroxyl groups is 1. The molecule has 11 heteroatoms. The van der Waals surface area contributed by atoms with Crippen molar-refractivity contribution in [1.29, 1.82) is 0 Å². The lowest BCUT2D eigenvalue weighted by atomic mass is 9.82. The molecule has 2 aromatic rings. The molecule has 1 spiro atoms. The second kappa shape index (κ2) is 15.2. The van der Waals surface area contributed by atoms with Gasteiger partial charge in [-0.2, -0.15) is 5.10 Å². The Balaban J connectivity index is 1.42. The second-order valence-electron chi connectivity index (χ2n) is 15.6. The predicted octanol–water partition coefficient (Wildman–Crippen LogP) is 7.41. The largest absolute Gasteiger partial charge is 0.394 e. The van der Waals surface area contributed by atoms with E-state index in [1.54, 1.807) is 22.9 Å². The number of carbonyl (C=O) groups is 3. The number of hydrazone groups is 1. The topological polar surface area (TPSA) is 103 Å². The van der Waals surface area contributed by atoms with Crippen LogP contribution in [0, 0.1) is 5.92 Å². The van der Waals surface area contributed by atoms with Gasteiger partial charge in [0, 0.05) is 43.0 Å². The van der Waals surface area contributed by atoms with Crippen molar-refractivity contribution in [3.8, 4) is 0 Å². The summed E-state index contributed by atoms with van der Waals surface area (Å²) in [6.07, 6.45) is 7.41. The number of aliphatic hydroxyl groups excluding tert-OH is 1. The van der Waals surface area contributed by atoms with E-state index in [1.807, 2.05) is 55.5 Å². The third-order valence-corrected chi connectivity index (χ3v) is 13.8. The van der Waals surface area contributed by atoms with Gasteiger partial charge in [0.25, 0.3) is 5.91 Å². The van der Waals surface area contributed by atoms with Gasteiger partial charge in [-0.15, -0.1) is 0 Å². The minimum atomic E-state index is -3.53. The molecule has 52 heavy (non-hydrogen) atoms. The number of halogens is 1. The third kappa shape index (κ3) is 7.19. The standard InChI is InChI=1S/C41H53FN4O5Si/c1-27(2)12-10-13-28(3)21-23-45-35-19-17-31(46-37(48)20-18-34(43-46)30-14-8-7-9-15-30)24-33(35)41(40(45)50)29(4)39(52(5,6)42)36(51-41)25-38(49)44-22-11-16-32(44)26-47/h7-9,12,14-15,17,19,21,24,29,32,36,39,47H,10-11,13,16,18,20,22-23,25-26H2,1-6H3/b28-21+/t29-,32+,36+,39-,41+/m1/s1. The first-order valence-electron chi connectivity index (χ1n) is 18.7. The fourth-order valence-electron chi connectivity index (χ4n) is 8.72. The number of allylic oxidation sites excluding steroid dienone is 3. The number of hydrogen-bond acceptors (Lipinski definition) is 6. The van der Waals surface area contributed by atoms with Crippen LogP contribution in [0.4, 0.5) is 15.5 Å². The molecule has 5 atom stereocenters. The number of rotatable bonds is 11. The lowest BCUT2D eigenvalue weighted by Crippen LogP contribution is -2.45. The van der Waals surface area contributed by atoms with Crippen LogP contribution in [0.5, 0.6) is 0 Å². The van der Waals surface area contributed by atoms with Gasteiger partial charge in [0.1, 0.15) is 0 Å². The molecule has 0 aromatic heterocycles. The summed E-state index contributed by atoms with van der Waals surface area (Å²) in [5.74, 6) is -1.24. The van der Waals surface area contributed by atoms with Crippen LogP contribution in [0.3, 0.4) is 0 Å². The zero-order valence-corrected chi connectivity index (χ0v) is 32.4. The molecule has 3 amide bonds. The molecule has 0 unspecified atom stereocenters. The molecule has 0 bridgehead atoms. The molecule has 2 saturated heterocycles. The number of likely N-dealkylation sites (tertiary alicyclic amines) is 1. The van der Waals surface area contributed by atoms with Gasteiger partial charge in [-0.1, -0.05) is 60.6 Å². The number of ether oxygens (including phenoxy) is 1. The molecule has 0 radical (unpaired) electrons. The van der Waals surface area contributed by atoms with Gasteiger partial charge in [0.15, 0.2) is 5.60 Å². The van der Waals surface area contributed by atoms with E-state index in [4.69, 9.17) is 9.84 Å². The van der Waals surface area contributed by atoms with Gasteiger partial charge < -0.3 is 23.8 Å². The molecule has 0 aliphatic carbocycles. The number of hydrogen-bond donors (Lipinski definition) is 1. The maximum atomic E-state index is 16.5. The maximum Gasteiger partial charge on any atom is 0.264 e. The Hall–Kier alpha value is -3.93. The first-order valence-corrected chi connectivity index (χ1v) is 21.7. The quantitative estimate of drug-likeness (QED) is 0.148. The lowest BCUT2D eigenvalue weighted by molar-refractivity contribution is -0.149. The van der Waals surface area contributed by atoms with Crippen LogP contribution in [0.2, 0.25) is 18.6 Å². The third-order valence-electron chi connectivity index (χ3n) is 11.3. The van der Waals surface area contributed by atoms with Gasteiger partial charge in [0.05, 0.1) is 42.3 Å². The van der Waals surface area contributed by atoms with E-state index in [0.717, 1.165) is 42.5 Å². The molecule has 6 rings (SSSR count). The highest BCUT2D eigenvalue weighted by Crippen LogP contribution is 2.60. The van der Waals surface area contributed by atoms with Gasteiger partial charge in [0.2, 0.25) is 20.2 Å². The smallest absolute Gasteiger partial charge is 0.264 e. The molecule has 2 fully saturated rings. The van der Waals surface area contributed by atoms with Crippen LogP contribution >= 0.6 is 0 Å². The number of amides is 3. The van der Waals surface area contributed by atoms with E-state index in [2.05, 4.69) is 32.9 Å². The summed E-state index contributed by atoms with van der Waals surface area (Å²) in [6, 6.07) is 15.0. The van der Waals surface area contributed by atoms with E-state index in [-0.39, 0.29) is 43.2 Å². The van der Waals surface area contributed by atoms with Crippen molar-refractivity contribution in [2.24, 2.45) is 11.0 Å². The highest BCUT2D eigenvalue weighted by molar-refractivity contribution is 6.72. The van der Waals surface area contributed by atoms with E-state index in [9.17, 15) is 19.5 Å². The first-order chi connectivity index (χ1) is 24.8. The van der Waals surface area contributed by atoms with Gasteiger partial charge in [-0.3, -0.25) is 14.4 Å². The highest BCUT2D eigenvalue weighted by Gasteiger charge is 2.67. The van der Waals surface area contributed by atoms with Crippen LogP contribution in [0.15, 0.2) is 76.9 Å². The highest BCUT2D eigenvalue weighted by atomic mass is 28.4. The van der Waals surface area contributed by atoms with Crippen molar-refractivity contribution in [3.63, 3.8) is 0 Å². The molecule has 2 aromatic carbocycles. The van der Waals surface area contributed by atoms with Crippen molar-refractivity contribution in [2.75, 3.05) is 29.6 Å². The summed E-state index contributed by atoms with van der Waals surface area (Å²) < 4.78 is 23.5. The maximum absolute atomic E-state index is 16.5. The summed E-state index contributed by atoms with van der Waals surface area (Å²) in [4.78, 5) is 45.5. The Morgan fingerprint density at radius 2 is 1.85 bits per heavy atom. The number of benzene rings is 2. The van der Waals surface area contributed by atoms with Crippen LogP contribution < -0.4 is 9.91 Å². The minimum Gasteiger partial charge on any atom is -0.394 e. The van der Waals surface area contributed by atoms with E-state index < -0.39 is 31.6 Å². The Bertz CT molecular complexity index is 1780. The minimum absolute atomic E-state index is 0.0748. The van der Waals surface area contributed by atoms with Crippen molar-refractivity contribution in [2.45, 2.75) is 109 Å². The predicted molar refractivity (Wildman–Crippen MR) is 205 cm³/mol. The Morgan fingerprint density at radius 1 is 1.10 bits per heavy atom. The molecule has 4 aliphatic heterocycles. The normalized spacial score (nSPS) is 26.3. The lowest BCUT2D eigenvalue weighted by Gasteiger charge is -2.31. The number of fused-ring (bicyclic) bond motifs is 2. The van der Waals surface area contributed by atoms with Crippen LogP contribution in [-0.2, 0) is 24.7 Å². The molecular formula is C41H53FN4O5Si. The molecule has 9 nitrogen and oxygen atoms in total. The molecule has 4 heterocycles. The second-order valence-corrected chi connectivity index (χ2v) is 19.4. The molecule has 4 aliphatic rings. The summed E-state index contributed by atoms with van der Waals surface area (Å²) >= 11 is 0. The zero-order chi connectivity index (χ0) is 37.4. The van der Waals surface area contributed by atoms with Crippen molar-refractivity contribution < 1.29 is 28.3 Å². The zero-order valence-electron chi connectivity index (χ0n) is 31.4. The number of nitrogens with zero attached hydrogens (tertiary/aromatic N) is 4. The van der Waals surface area contributed by atoms with Gasteiger partial charge >= 0.3 is 0 Å². The van der Waals surface area contributed by atoms with Crippen LogP contribution in [-0.4, -0.2) is 73.7 Å². The van der Waals surface area contributed by atoms with E-state index in [1.165, 1.54) is 10.6 Å². The average molecular weight is 729 g/mol. The molecule has 1 N–H and O–H groups in total. The molecular weight excluding hydrogens is 676 g/mol. The van der Waals surface area contributed by atoms with Crippen molar-refractivity contribution in [1.82, 2.24) is 4.90 Å². The number of anilines is 2. The Kier molecular flexibility index (Phi) is 11.1.